The number of esters is 1. The fourth-order valence-electron chi connectivity index (χ4n) is 3.12. The van der Waals surface area contributed by atoms with E-state index in [9.17, 15) is 18.8 Å². The van der Waals surface area contributed by atoms with Crippen LogP contribution in [0, 0.1) is 12.7 Å². The lowest BCUT2D eigenvalue weighted by Crippen LogP contribution is -2.24. The molecule has 0 aliphatic carbocycles. The number of aromatic nitrogens is 6. The van der Waals surface area contributed by atoms with Crippen molar-refractivity contribution in [2.75, 3.05) is 17.2 Å². The molecule has 0 aliphatic rings. The molecule has 0 saturated heterocycles. The number of carbonyl (C=O) groups is 3. The van der Waals surface area contributed by atoms with Crippen LogP contribution in [0.1, 0.15) is 16.1 Å². The highest BCUT2D eigenvalue weighted by atomic mass is 19.1. The molecule has 2 aromatic heterocycles. The normalized spacial score (nSPS) is 10.6. The van der Waals surface area contributed by atoms with Gasteiger partial charge < -0.3 is 15.4 Å². The maximum atomic E-state index is 13.2. The Morgan fingerprint density at radius 1 is 1.03 bits per heavy atom. The van der Waals surface area contributed by atoms with E-state index in [0.717, 1.165) is 0 Å². The Balaban J connectivity index is 1.38. The molecule has 2 aromatic carbocycles. The standard InChI is InChI=1S/C22H19FN8O4/c1-14-10-19(31(27-14)16-8-6-15(23)7-9-16)26-21(33)12-35-22(34)17-4-2-3-5-18(17)25-20(32)11-30-13-24-28-29-30/h2-10,13H,11-12H2,1H3,(H,25,32)(H,26,33). The Kier molecular flexibility index (Phi) is 6.86. The van der Waals surface area contributed by atoms with Gasteiger partial charge in [-0.15, -0.1) is 5.10 Å². The zero-order valence-corrected chi connectivity index (χ0v) is 18.4. The summed E-state index contributed by atoms with van der Waals surface area (Å²) in [5, 5.41) is 20.0. The summed E-state index contributed by atoms with van der Waals surface area (Å²) in [5.41, 5.74) is 1.43. The number of anilines is 2. The zero-order valence-electron chi connectivity index (χ0n) is 18.4. The number of halogens is 1. The minimum Gasteiger partial charge on any atom is -0.452 e. The van der Waals surface area contributed by atoms with Crippen LogP contribution in [0.25, 0.3) is 5.69 Å². The predicted molar refractivity (Wildman–Crippen MR) is 120 cm³/mol. The fourth-order valence-corrected chi connectivity index (χ4v) is 3.12. The van der Waals surface area contributed by atoms with Gasteiger partial charge in [0.15, 0.2) is 6.61 Å². The van der Waals surface area contributed by atoms with Gasteiger partial charge in [0.05, 0.1) is 22.6 Å². The number of ether oxygens (including phenoxy) is 1. The van der Waals surface area contributed by atoms with E-state index >= 15 is 0 Å². The van der Waals surface area contributed by atoms with Crippen LogP contribution < -0.4 is 10.6 Å². The molecule has 178 valence electrons. The first-order chi connectivity index (χ1) is 16.9. The lowest BCUT2D eigenvalue weighted by atomic mass is 10.2. The van der Waals surface area contributed by atoms with Gasteiger partial charge in [-0.2, -0.15) is 5.10 Å². The number of amides is 2. The summed E-state index contributed by atoms with van der Waals surface area (Å²) in [6.07, 6.45) is 1.28. The third-order valence-corrected chi connectivity index (χ3v) is 4.62. The summed E-state index contributed by atoms with van der Waals surface area (Å²) in [6.45, 7) is 1.000. The molecule has 0 atom stereocenters. The van der Waals surface area contributed by atoms with Crippen molar-refractivity contribution in [3.8, 4) is 5.69 Å². The number of hydrogen-bond acceptors (Lipinski definition) is 8. The summed E-state index contributed by atoms with van der Waals surface area (Å²) in [7, 11) is 0. The lowest BCUT2D eigenvalue weighted by Gasteiger charge is -2.12. The zero-order chi connectivity index (χ0) is 24.8. The average molecular weight is 478 g/mol. The number of rotatable bonds is 8. The molecule has 2 N–H and O–H groups in total. The maximum absolute atomic E-state index is 13.2. The molecule has 13 heteroatoms. The number of para-hydroxylation sites is 1. The van der Waals surface area contributed by atoms with Crippen LogP contribution in [-0.2, 0) is 20.9 Å². The molecular weight excluding hydrogens is 459 g/mol. The van der Waals surface area contributed by atoms with Gasteiger partial charge >= 0.3 is 5.97 Å². The number of benzene rings is 2. The number of hydrogen-bond donors (Lipinski definition) is 2. The second-order valence-electron chi connectivity index (χ2n) is 7.28. The smallest absolute Gasteiger partial charge is 0.340 e. The van der Waals surface area contributed by atoms with Crippen molar-refractivity contribution in [3.63, 3.8) is 0 Å². The molecule has 2 heterocycles. The quantitative estimate of drug-likeness (QED) is 0.364. The predicted octanol–water partition coefficient (Wildman–Crippen LogP) is 1.74. The maximum Gasteiger partial charge on any atom is 0.340 e. The van der Waals surface area contributed by atoms with Crippen LogP contribution >= 0.6 is 0 Å². The molecule has 0 aliphatic heterocycles. The van der Waals surface area contributed by atoms with Crippen molar-refractivity contribution in [1.29, 1.82) is 0 Å². The topological polar surface area (TPSA) is 146 Å². The number of tetrazole rings is 1. The second-order valence-corrected chi connectivity index (χ2v) is 7.28. The van der Waals surface area contributed by atoms with E-state index < -0.39 is 30.2 Å². The molecule has 35 heavy (non-hydrogen) atoms. The Morgan fingerprint density at radius 3 is 2.54 bits per heavy atom. The highest BCUT2D eigenvalue weighted by molar-refractivity contribution is 6.02. The van der Waals surface area contributed by atoms with E-state index in [2.05, 4.69) is 31.3 Å². The van der Waals surface area contributed by atoms with Gasteiger partial charge in [-0.3, -0.25) is 9.59 Å². The molecule has 2 amide bonds. The van der Waals surface area contributed by atoms with Crippen molar-refractivity contribution in [2.45, 2.75) is 13.5 Å². The first-order valence-corrected chi connectivity index (χ1v) is 10.3. The van der Waals surface area contributed by atoms with Gasteiger partial charge in [-0.25, -0.2) is 18.5 Å². The van der Waals surface area contributed by atoms with Gasteiger partial charge in [0.25, 0.3) is 5.91 Å². The minimum absolute atomic E-state index is 0.0672. The van der Waals surface area contributed by atoms with Crippen molar-refractivity contribution in [2.24, 2.45) is 0 Å². The molecule has 0 spiro atoms. The first-order valence-electron chi connectivity index (χ1n) is 10.3. The molecule has 4 rings (SSSR count). The minimum atomic E-state index is -0.804. The van der Waals surface area contributed by atoms with Gasteiger partial charge in [0.1, 0.15) is 24.5 Å². The van der Waals surface area contributed by atoms with Crippen LogP contribution in [-0.4, -0.2) is 54.4 Å². The Morgan fingerprint density at radius 2 is 1.80 bits per heavy atom. The van der Waals surface area contributed by atoms with E-state index in [0.29, 0.717) is 17.2 Å². The molecule has 0 fully saturated rings. The summed E-state index contributed by atoms with van der Waals surface area (Å²) in [4.78, 5) is 37.3. The van der Waals surface area contributed by atoms with E-state index in [-0.39, 0.29) is 17.8 Å². The van der Waals surface area contributed by atoms with E-state index in [1.54, 1.807) is 25.1 Å². The highest BCUT2D eigenvalue weighted by Gasteiger charge is 2.17. The molecule has 0 bridgehead atoms. The van der Waals surface area contributed by atoms with Gasteiger partial charge in [0, 0.05) is 6.07 Å². The van der Waals surface area contributed by atoms with E-state index in [1.807, 2.05) is 0 Å². The van der Waals surface area contributed by atoms with Crippen molar-refractivity contribution in [3.05, 3.63) is 78.0 Å². The third-order valence-electron chi connectivity index (χ3n) is 4.62. The van der Waals surface area contributed by atoms with E-state index in [1.165, 1.54) is 52.1 Å². The van der Waals surface area contributed by atoms with Crippen molar-refractivity contribution in [1.82, 2.24) is 30.0 Å². The number of carbonyl (C=O) groups excluding carboxylic acids is 3. The Hall–Kier alpha value is -4.94. The van der Waals surface area contributed by atoms with Crippen LogP contribution in [0.5, 0.6) is 0 Å². The van der Waals surface area contributed by atoms with Crippen molar-refractivity contribution < 1.29 is 23.5 Å². The number of nitrogens with one attached hydrogen (secondary N) is 2. The Bertz CT molecular complexity index is 1350. The summed E-state index contributed by atoms with van der Waals surface area (Å²) in [6, 6.07) is 13.4. The molecule has 0 radical (unpaired) electrons. The van der Waals surface area contributed by atoms with Crippen LogP contribution in [0.15, 0.2) is 60.9 Å². The van der Waals surface area contributed by atoms with E-state index in [4.69, 9.17) is 4.74 Å². The largest absolute Gasteiger partial charge is 0.452 e. The van der Waals surface area contributed by atoms with Crippen LogP contribution in [0.4, 0.5) is 15.9 Å². The van der Waals surface area contributed by atoms with Gasteiger partial charge in [-0.05, 0) is 53.7 Å². The van der Waals surface area contributed by atoms with Crippen LogP contribution in [0.2, 0.25) is 0 Å². The number of aryl methyl sites for hydroxylation is 1. The van der Waals surface area contributed by atoms with Crippen LogP contribution in [0.3, 0.4) is 0 Å². The van der Waals surface area contributed by atoms with Crippen molar-refractivity contribution >= 4 is 29.3 Å². The summed E-state index contributed by atoms with van der Waals surface area (Å²) >= 11 is 0. The van der Waals surface area contributed by atoms with Gasteiger partial charge in [-0.1, -0.05) is 12.1 Å². The molecule has 12 nitrogen and oxygen atoms in total. The molecule has 4 aromatic rings. The second kappa shape index (κ2) is 10.3. The Labute approximate surface area is 197 Å². The molecular formula is C22H19FN8O4. The molecule has 0 saturated carbocycles. The number of nitrogens with zero attached hydrogens (tertiary/aromatic N) is 6. The highest BCUT2D eigenvalue weighted by Crippen LogP contribution is 2.19. The molecule has 0 unspecified atom stereocenters. The van der Waals surface area contributed by atoms with Gasteiger partial charge in [0.2, 0.25) is 5.91 Å². The SMILES string of the molecule is Cc1cc(NC(=O)COC(=O)c2ccccc2NC(=O)Cn2cnnn2)n(-c2ccc(F)cc2)n1. The first kappa shape index (κ1) is 23.2. The lowest BCUT2D eigenvalue weighted by molar-refractivity contribution is -0.119. The third kappa shape index (κ3) is 5.90. The summed E-state index contributed by atoms with van der Waals surface area (Å²) < 4.78 is 21.0. The average Bonchev–Trinajstić information content (AvgIpc) is 3.47. The summed E-state index contributed by atoms with van der Waals surface area (Å²) in [5.74, 6) is -1.95. The monoisotopic (exact) mass is 478 g/mol. The fraction of sp³-hybridized carbons (Fsp3) is 0.136.